The van der Waals surface area contributed by atoms with E-state index in [0.717, 1.165) is 13.0 Å². The van der Waals surface area contributed by atoms with Gasteiger partial charge in [-0.3, -0.25) is 0 Å². The molecular weight excluding hydrogens is 204 g/mol. The molecule has 1 heterocycles. The third kappa shape index (κ3) is 3.58. The zero-order valence-corrected chi connectivity index (χ0v) is 11.0. The second-order valence-electron chi connectivity index (χ2n) is 4.69. The van der Waals surface area contributed by atoms with Crippen LogP contribution in [-0.4, -0.2) is 11.5 Å². The van der Waals surface area contributed by atoms with E-state index in [0.29, 0.717) is 5.92 Å². The van der Waals surface area contributed by atoms with Crippen LogP contribution in [0.1, 0.15) is 45.5 Å². The van der Waals surface area contributed by atoms with Crippen LogP contribution >= 0.6 is 11.3 Å². The average molecular weight is 226 g/mol. The topological polar surface area (TPSA) is 24.9 Å². The Kier molecular flexibility index (Phi) is 4.74. The summed E-state index contributed by atoms with van der Waals surface area (Å²) in [5, 5.41) is 6.90. The van der Waals surface area contributed by atoms with Crippen molar-refractivity contribution < 1.29 is 0 Å². The van der Waals surface area contributed by atoms with Gasteiger partial charge in [0.1, 0.15) is 5.01 Å². The number of hydrogen-bond donors (Lipinski definition) is 1. The van der Waals surface area contributed by atoms with E-state index in [1.807, 2.05) is 6.20 Å². The summed E-state index contributed by atoms with van der Waals surface area (Å²) in [6, 6.07) is 0. The predicted molar refractivity (Wildman–Crippen MR) is 67.2 cm³/mol. The molecule has 0 aliphatic carbocycles. The molecule has 2 nitrogen and oxygen atoms in total. The van der Waals surface area contributed by atoms with E-state index in [-0.39, 0.29) is 5.54 Å². The molecule has 1 atom stereocenters. The van der Waals surface area contributed by atoms with E-state index in [1.165, 1.54) is 11.4 Å². The van der Waals surface area contributed by atoms with Gasteiger partial charge in [0.15, 0.2) is 0 Å². The van der Waals surface area contributed by atoms with Gasteiger partial charge < -0.3 is 5.32 Å². The zero-order chi connectivity index (χ0) is 11.3. The number of hydrogen-bond acceptors (Lipinski definition) is 3. The van der Waals surface area contributed by atoms with Gasteiger partial charge in [0, 0.05) is 11.6 Å². The van der Waals surface area contributed by atoms with E-state index < -0.39 is 0 Å². The van der Waals surface area contributed by atoms with Gasteiger partial charge in [0.05, 0.1) is 5.54 Å². The third-order valence-electron chi connectivity index (χ3n) is 2.49. The van der Waals surface area contributed by atoms with Crippen molar-refractivity contribution in [2.45, 2.75) is 46.1 Å². The molecule has 1 unspecified atom stereocenters. The summed E-state index contributed by atoms with van der Waals surface area (Å²) in [6.45, 7) is 10.0. The lowest BCUT2D eigenvalue weighted by Gasteiger charge is -2.30. The largest absolute Gasteiger partial charge is 0.306 e. The van der Waals surface area contributed by atoms with Crippen LogP contribution in [0.5, 0.6) is 0 Å². The van der Waals surface area contributed by atoms with Crippen molar-refractivity contribution in [1.29, 1.82) is 0 Å². The van der Waals surface area contributed by atoms with Gasteiger partial charge in [-0.05, 0) is 32.2 Å². The molecule has 0 spiro atoms. The van der Waals surface area contributed by atoms with Gasteiger partial charge in [-0.1, -0.05) is 20.8 Å². The van der Waals surface area contributed by atoms with Crippen LogP contribution in [0, 0.1) is 5.92 Å². The molecule has 0 radical (unpaired) electrons. The van der Waals surface area contributed by atoms with Gasteiger partial charge in [0.2, 0.25) is 0 Å². The highest BCUT2D eigenvalue weighted by atomic mass is 32.1. The molecule has 86 valence electrons. The lowest BCUT2D eigenvalue weighted by Crippen LogP contribution is -2.41. The maximum Gasteiger partial charge on any atom is 0.112 e. The fraction of sp³-hybridized carbons (Fsp3) is 0.750. The van der Waals surface area contributed by atoms with E-state index in [4.69, 9.17) is 0 Å². The first kappa shape index (κ1) is 12.7. The Morgan fingerprint density at radius 3 is 2.73 bits per heavy atom. The van der Waals surface area contributed by atoms with E-state index in [2.05, 4.69) is 43.4 Å². The molecule has 1 aromatic rings. The summed E-state index contributed by atoms with van der Waals surface area (Å²) in [5.74, 6) is 0.684. The van der Waals surface area contributed by atoms with Gasteiger partial charge in [0.25, 0.3) is 0 Å². The number of nitrogens with one attached hydrogen (secondary N) is 1. The molecule has 0 aliphatic heterocycles. The van der Waals surface area contributed by atoms with Crippen LogP contribution < -0.4 is 5.32 Å². The lowest BCUT2D eigenvalue weighted by molar-refractivity contribution is 0.297. The SMILES string of the molecule is CCCNC(C)(CC(C)C)c1nccs1. The lowest BCUT2D eigenvalue weighted by atomic mass is 9.91. The Morgan fingerprint density at radius 1 is 1.53 bits per heavy atom. The van der Waals surface area contributed by atoms with Crippen molar-refractivity contribution in [3.8, 4) is 0 Å². The fourth-order valence-corrected chi connectivity index (χ4v) is 2.74. The molecule has 15 heavy (non-hydrogen) atoms. The standard InChI is InChI=1S/C12H22N2S/c1-5-6-14-12(4,9-10(2)3)11-13-7-8-15-11/h7-8,10,14H,5-6,9H2,1-4H3. The summed E-state index contributed by atoms with van der Waals surface area (Å²) in [4.78, 5) is 4.45. The minimum Gasteiger partial charge on any atom is -0.306 e. The van der Waals surface area contributed by atoms with Crippen molar-refractivity contribution in [1.82, 2.24) is 10.3 Å². The van der Waals surface area contributed by atoms with Crippen LogP contribution in [0.3, 0.4) is 0 Å². The minimum atomic E-state index is 0.0539. The molecular formula is C12H22N2S. The van der Waals surface area contributed by atoms with Crippen LogP contribution in [0.15, 0.2) is 11.6 Å². The molecule has 0 saturated carbocycles. The second-order valence-corrected chi connectivity index (χ2v) is 5.59. The quantitative estimate of drug-likeness (QED) is 0.804. The molecule has 0 aromatic carbocycles. The maximum atomic E-state index is 4.45. The van der Waals surface area contributed by atoms with E-state index in [9.17, 15) is 0 Å². The predicted octanol–water partition coefficient (Wildman–Crippen LogP) is 3.40. The minimum absolute atomic E-state index is 0.0539. The first-order chi connectivity index (χ1) is 7.08. The Morgan fingerprint density at radius 2 is 2.27 bits per heavy atom. The molecule has 1 N–H and O–H groups in total. The van der Waals surface area contributed by atoms with Gasteiger partial charge >= 0.3 is 0 Å². The Balaban J connectivity index is 2.76. The fourth-order valence-electron chi connectivity index (χ4n) is 1.95. The van der Waals surface area contributed by atoms with E-state index in [1.54, 1.807) is 11.3 Å². The normalized spacial score (nSPS) is 15.5. The van der Waals surface area contributed by atoms with Crippen LogP contribution in [0.2, 0.25) is 0 Å². The molecule has 1 aromatic heterocycles. The smallest absolute Gasteiger partial charge is 0.112 e. The van der Waals surface area contributed by atoms with Crippen molar-refractivity contribution in [3.63, 3.8) is 0 Å². The van der Waals surface area contributed by atoms with Gasteiger partial charge in [-0.15, -0.1) is 11.3 Å². The molecule has 1 rings (SSSR count). The Hall–Kier alpha value is -0.410. The summed E-state index contributed by atoms with van der Waals surface area (Å²) in [6.07, 6.45) is 4.20. The summed E-state index contributed by atoms with van der Waals surface area (Å²) in [7, 11) is 0. The molecule has 0 fully saturated rings. The highest BCUT2D eigenvalue weighted by Gasteiger charge is 2.29. The van der Waals surface area contributed by atoms with Crippen LogP contribution in [0.25, 0.3) is 0 Å². The Bertz CT molecular complexity index is 269. The molecule has 0 bridgehead atoms. The third-order valence-corrected chi connectivity index (χ3v) is 3.52. The molecule has 0 aliphatic rings. The van der Waals surface area contributed by atoms with Crippen molar-refractivity contribution >= 4 is 11.3 Å². The first-order valence-electron chi connectivity index (χ1n) is 5.73. The van der Waals surface area contributed by atoms with Crippen molar-refractivity contribution in [3.05, 3.63) is 16.6 Å². The molecule has 0 saturated heterocycles. The highest BCUT2D eigenvalue weighted by molar-refractivity contribution is 7.09. The van der Waals surface area contributed by atoms with Gasteiger partial charge in [-0.2, -0.15) is 0 Å². The molecule has 3 heteroatoms. The zero-order valence-electron chi connectivity index (χ0n) is 10.2. The summed E-state index contributed by atoms with van der Waals surface area (Å²) < 4.78 is 0. The van der Waals surface area contributed by atoms with Crippen LogP contribution in [0.4, 0.5) is 0 Å². The number of rotatable bonds is 6. The van der Waals surface area contributed by atoms with E-state index >= 15 is 0 Å². The second kappa shape index (κ2) is 5.61. The summed E-state index contributed by atoms with van der Waals surface area (Å²) >= 11 is 1.75. The van der Waals surface area contributed by atoms with Crippen LogP contribution in [-0.2, 0) is 5.54 Å². The summed E-state index contributed by atoms with van der Waals surface area (Å²) in [5.41, 5.74) is 0.0539. The number of aromatic nitrogens is 1. The first-order valence-corrected chi connectivity index (χ1v) is 6.61. The van der Waals surface area contributed by atoms with Gasteiger partial charge in [-0.25, -0.2) is 4.98 Å². The number of thiazole rings is 1. The number of nitrogens with zero attached hydrogens (tertiary/aromatic N) is 1. The Labute approximate surface area is 97.1 Å². The highest BCUT2D eigenvalue weighted by Crippen LogP contribution is 2.29. The van der Waals surface area contributed by atoms with Crippen molar-refractivity contribution in [2.24, 2.45) is 5.92 Å². The molecule has 0 amide bonds. The van der Waals surface area contributed by atoms with Crippen molar-refractivity contribution in [2.75, 3.05) is 6.54 Å². The average Bonchev–Trinajstić information content (AvgIpc) is 2.66. The monoisotopic (exact) mass is 226 g/mol. The maximum absolute atomic E-state index is 4.45.